The molecule has 5 aromatic rings. The Balaban J connectivity index is 1.25. The Bertz CT molecular complexity index is 1800. The van der Waals surface area contributed by atoms with E-state index in [0.717, 1.165) is 39.0 Å². The molecule has 1 aliphatic rings. The fourth-order valence-corrected chi connectivity index (χ4v) is 5.73. The highest BCUT2D eigenvalue weighted by molar-refractivity contribution is 6.08. The number of hydrogen-bond donors (Lipinski definition) is 1. The highest BCUT2D eigenvalue weighted by atomic mass is 16.5. The van der Waals surface area contributed by atoms with Gasteiger partial charge in [-0.2, -0.15) is 0 Å². The summed E-state index contributed by atoms with van der Waals surface area (Å²) in [5, 5.41) is 4.89. The van der Waals surface area contributed by atoms with Crippen molar-refractivity contribution in [3.8, 4) is 22.8 Å². The molecule has 0 unspecified atom stereocenters. The van der Waals surface area contributed by atoms with Gasteiger partial charge >= 0.3 is 0 Å². The Morgan fingerprint density at radius 3 is 2.39 bits per heavy atom. The van der Waals surface area contributed by atoms with E-state index in [0.29, 0.717) is 56.4 Å². The van der Waals surface area contributed by atoms with E-state index in [1.54, 1.807) is 0 Å². The van der Waals surface area contributed by atoms with Crippen molar-refractivity contribution in [2.24, 2.45) is 0 Å². The topological polar surface area (TPSA) is 79.7 Å². The molecule has 0 atom stereocenters. The number of rotatable bonds is 8. The molecule has 44 heavy (non-hydrogen) atoms. The summed E-state index contributed by atoms with van der Waals surface area (Å²) in [6.07, 6.45) is 1.83. The summed E-state index contributed by atoms with van der Waals surface area (Å²) in [5.74, 6) is 1.29. The van der Waals surface area contributed by atoms with Crippen molar-refractivity contribution in [2.45, 2.75) is 20.8 Å². The van der Waals surface area contributed by atoms with Gasteiger partial charge in [0.25, 0.3) is 11.8 Å². The first-order valence-corrected chi connectivity index (χ1v) is 15.2. The summed E-state index contributed by atoms with van der Waals surface area (Å²) in [6.45, 7) is 9.48. The van der Waals surface area contributed by atoms with Crippen molar-refractivity contribution in [3.63, 3.8) is 0 Å². The average molecular weight is 588 g/mol. The zero-order valence-corrected chi connectivity index (χ0v) is 25.4. The molecule has 8 heteroatoms. The first kappa shape index (κ1) is 29.0. The van der Waals surface area contributed by atoms with Crippen molar-refractivity contribution in [1.82, 2.24) is 19.8 Å². The molecular formula is C36H37N5O3. The molecule has 0 aliphatic carbocycles. The lowest BCUT2D eigenvalue weighted by Gasteiger charge is -2.36. The van der Waals surface area contributed by atoms with Crippen molar-refractivity contribution in [1.29, 1.82) is 0 Å². The monoisotopic (exact) mass is 587 g/mol. The maximum absolute atomic E-state index is 13.8. The second kappa shape index (κ2) is 12.6. The molecule has 2 heterocycles. The number of anilines is 1. The van der Waals surface area contributed by atoms with Gasteiger partial charge in [0.1, 0.15) is 17.3 Å². The van der Waals surface area contributed by atoms with Crippen LogP contribution in [0.5, 0.6) is 5.75 Å². The molecule has 1 aliphatic heterocycles. The molecule has 2 amide bonds. The Labute approximate surface area is 257 Å². The second-order valence-electron chi connectivity index (χ2n) is 11.0. The molecule has 1 aromatic heterocycles. The Hall–Kier alpha value is -5.11. The second-order valence-corrected chi connectivity index (χ2v) is 11.0. The van der Waals surface area contributed by atoms with Crippen LogP contribution in [-0.2, 0) is 0 Å². The van der Waals surface area contributed by atoms with Crippen molar-refractivity contribution in [3.05, 3.63) is 108 Å². The molecule has 8 nitrogen and oxygen atoms in total. The first-order chi connectivity index (χ1) is 21.4. The highest BCUT2D eigenvalue weighted by Gasteiger charge is 2.26. The smallest absolute Gasteiger partial charge is 0.274 e. The first-order valence-electron chi connectivity index (χ1n) is 15.2. The number of piperazine rings is 1. The van der Waals surface area contributed by atoms with Gasteiger partial charge < -0.3 is 19.9 Å². The van der Waals surface area contributed by atoms with Gasteiger partial charge in [-0.1, -0.05) is 60.2 Å². The molecule has 6 rings (SSSR count). The zero-order valence-electron chi connectivity index (χ0n) is 25.4. The number of benzene rings is 4. The number of ether oxygens (including phenoxy) is 1. The fourth-order valence-electron chi connectivity index (χ4n) is 5.73. The number of nitrogens with zero attached hydrogens (tertiary/aromatic N) is 4. The van der Waals surface area contributed by atoms with Crippen LogP contribution in [0.25, 0.3) is 27.8 Å². The van der Waals surface area contributed by atoms with E-state index in [9.17, 15) is 9.59 Å². The lowest BCUT2D eigenvalue weighted by atomic mass is 10.0. The lowest BCUT2D eigenvalue weighted by Crippen LogP contribution is -2.49. The van der Waals surface area contributed by atoms with Crippen LogP contribution in [0.2, 0.25) is 0 Å². The van der Waals surface area contributed by atoms with Crippen LogP contribution in [-0.4, -0.2) is 65.6 Å². The van der Waals surface area contributed by atoms with Gasteiger partial charge in [-0.25, -0.2) is 4.98 Å². The molecule has 0 spiro atoms. The third kappa shape index (κ3) is 5.88. The molecule has 1 fully saturated rings. The summed E-state index contributed by atoms with van der Waals surface area (Å²) >= 11 is 0. The summed E-state index contributed by atoms with van der Waals surface area (Å²) < 4.78 is 7.71. The van der Waals surface area contributed by atoms with Crippen molar-refractivity contribution >= 4 is 28.3 Å². The largest absolute Gasteiger partial charge is 0.494 e. The van der Waals surface area contributed by atoms with Gasteiger partial charge in [0.15, 0.2) is 0 Å². The highest BCUT2D eigenvalue weighted by Crippen LogP contribution is 2.29. The van der Waals surface area contributed by atoms with E-state index in [2.05, 4.69) is 35.3 Å². The summed E-state index contributed by atoms with van der Waals surface area (Å²) in [4.78, 5) is 35.7. The van der Waals surface area contributed by atoms with E-state index in [-0.39, 0.29) is 11.8 Å². The normalized spacial score (nSPS) is 13.2. The SMILES string of the molecule is CCNC(=O)c1cc(N2CCN(C(=O)c3cn(-c4cccc(OCC)c4)c(-c4ccc(C)cc4)n3)CC2)cc2ccccc12. The zero-order chi connectivity index (χ0) is 30.6. The van der Waals surface area contributed by atoms with Crippen LogP contribution >= 0.6 is 0 Å². The number of aromatic nitrogens is 2. The molecular weight excluding hydrogens is 550 g/mol. The molecule has 0 saturated carbocycles. The van der Waals surface area contributed by atoms with Gasteiger partial charge in [-0.3, -0.25) is 14.2 Å². The summed E-state index contributed by atoms with van der Waals surface area (Å²) in [6, 6.07) is 28.1. The number of carbonyl (C=O) groups excluding carboxylic acids is 2. The Morgan fingerprint density at radius 1 is 0.864 bits per heavy atom. The minimum atomic E-state index is -0.0979. The predicted octanol–water partition coefficient (Wildman–Crippen LogP) is 6.11. The van der Waals surface area contributed by atoms with Crippen LogP contribution in [0.15, 0.2) is 91.1 Å². The summed E-state index contributed by atoms with van der Waals surface area (Å²) in [5.41, 5.74) is 5.02. The molecule has 1 N–H and O–H groups in total. The predicted molar refractivity (Wildman–Crippen MR) is 175 cm³/mol. The van der Waals surface area contributed by atoms with Gasteiger partial charge in [-0.05, 0) is 55.8 Å². The molecule has 1 saturated heterocycles. The van der Waals surface area contributed by atoms with Gasteiger partial charge in [0, 0.05) is 61.8 Å². The minimum Gasteiger partial charge on any atom is -0.494 e. The van der Waals surface area contributed by atoms with Gasteiger partial charge in [0.05, 0.1) is 12.3 Å². The van der Waals surface area contributed by atoms with E-state index in [4.69, 9.17) is 9.72 Å². The number of aryl methyl sites for hydroxylation is 1. The number of imidazole rings is 1. The molecule has 0 radical (unpaired) electrons. The Kier molecular flexibility index (Phi) is 8.32. The number of fused-ring (bicyclic) bond motifs is 1. The van der Waals surface area contributed by atoms with E-state index in [1.165, 1.54) is 0 Å². The number of nitrogens with one attached hydrogen (secondary N) is 1. The number of hydrogen-bond acceptors (Lipinski definition) is 5. The third-order valence-corrected chi connectivity index (χ3v) is 8.00. The van der Waals surface area contributed by atoms with Gasteiger partial charge in [0.2, 0.25) is 0 Å². The third-order valence-electron chi connectivity index (χ3n) is 8.00. The Morgan fingerprint density at radius 2 is 1.64 bits per heavy atom. The summed E-state index contributed by atoms with van der Waals surface area (Å²) in [7, 11) is 0. The fraction of sp³-hybridized carbons (Fsp3) is 0.250. The lowest BCUT2D eigenvalue weighted by molar-refractivity contribution is 0.0741. The molecule has 4 aromatic carbocycles. The number of amides is 2. The van der Waals surface area contributed by atoms with Crippen LogP contribution in [0.1, 0.15) is 40.3 Å². The maximum atomic E-state index is 13.8. The van der Waals surface area contributed by atoms with Gasteiger partial charge in [-0.15, -0.1) is 0 Å². The van der Waals surface area contributed by atoms with Crippen molar-refractivity contribution < 1.29 is 14.3 Å². The van der Waals surface area contributed by atoms with E-state index in [1.807, 2.05) is 96.2 Å². The number of carbonyl (C=O) groups is 2. The van der Waals surface area contributed by atoms with Crippen LogP contribution in [0, 0.1) is 6.92 Å². The standard InChI is InChI=1S/C36H37N5O3/c1-4-37-35(42)32-23-29(21-27-9-6-7-12-31(27)32)39-17-19-40(20-18-39)36(43)33-24-41(28-10-8-11-30(22-28)44-5-2)34(38-33)26-15-13-25(3)14-16-26/h6-16,21-24H,4-5,17-20H2,1-3H3,(H,37,42). The van der Waals surface area contributed by atoms with Crippen LogP contribution in [0.4, 0.5) is 5.69 Å². The molecule has 224 valence electrons. The van der Waals surface area contributed by atoms with Crippen LogP contribution in [0.3, 0.4) is 0 Å². The minimum absolute atomic E-state index is 0.0777. The quantitative estimate of drug-likeness (QED) is 0.237. The maximum Gasteiger partial charge on any atom is 0.274 e. The van der Waals surface area contributed by atoms with Crippen molar-refractivity contribution in [2.75, 3.05) is 44.2 Å². The van der Waals surface area contributed by atoms with E-state index >= 15 is 0 Å². The van der Waals surface area contributed by atoms with Crippen LogP contribution < -0.4 is 15.0 Å². The van der Waals surface area contributed by atoms with E-state index < -0.39 is 0 Å². The average Bonchev–Trinajstić information content (AvgIpc) is 3.50. The molecule has 0 bridgehead atoms.